The smallest absolute Gasteiger partial charge is 0.410 e. The summed E-state index contributed by atoms with van der Waals surface area (Å²) in [5.74, 6) is 0. The molecular weight excluding hydrogens is 186 g/mol. The lowest BCUT2D eigenvalue weighted by Gasteiger charge is -2.24. The van der Waals surface area contributed by atoms with Gasteiger partial charge in [0, 0.05) is 7.05 Å². The fourth-order valence-corrected chi connectivity index (χ4v) is 0.669. The van der Waals surface area contributed by atoms with Crippen LogP contribution in [0.15, 0.2) is 0 Å². The maximum absolute atomic E-state index is 11.3. The number of ether oxygens (including phenoxy) is 2. The molecular formula is C9H17NO4. The van der Waals surface area contributed by atoms with Gasteiger partial charge in [0.25, 0.3) is 6.47 Å². The molecule has 0 aliphatic heterocycles. The number of likely N-dealkylation sites (N-methyl/N-ethyl adjacent to an activating group) is 1. The Bertz CT molecular complexity index is 197. The Morgan fingerprint density at radius 1 is 1.43 bits per heavy atom. The topological polar surface area (TPSA) is 55.8 Å². The van der Waals surface area contributed by atoms with Crippen LogP contribution >= 0.6 is 0 Å². The van der Waals surface area contributed by atoms with Crippen molar-refractivity contribution in [1.29, 1.82) is 0 Å². The number of nitrogens with zero attached hydrogens (tertiary/aromatic N) is 1. The van der Waals surface area contributed by atoms with Crippen LogP contribution in [0, 0.1) is 0 Å². The van der Waals surface area contributed by atoms with Crippen molar-refractivity contribution in [1.82, 2.24) is 4.90 Å². The van der Waals surface area contributed by atoms with E-state index in [2.05, 4.69) is 4.74 Å². The summed E-state index contributed by atoms with van der Waals surface area (Å²) in [4.78, 5) is 22.5. The van der Waals surface area contributed by atoms with E-state index in [0.29, 0.717) is 13.0 Å². The monoisotopic (exact) mass is 203 g/mol. The molecule has 0 fully saturated rings. The SMILES string of the molecule is CN(CCOC=O)C(=O)OC(C)(C)C. The molecule has 0 N–H and O–H groups in total. The van der Waals surface area contributed by atoms with E-state index in [1.165, 1.54) is 4.90 Å². The number of rotatable bonds is 4. The number of carbonyl (C=O) groups excluding carboxylic acids is 2. The molecule has 1 amide bonds. The van der Waals surface area contributed by atoms with E-state index in [-0.39, 0.29) is 6.61 Å². The third-order valence-electron chi connectivity index (χ3n) is 1.32. The van der Waals surface area contributed by atoms with Gasteiger partial charge in [-0.25, -0.2) is 4.79 Å². The lowest BCUT2D eigenvalue weighted by molar-refractivity contribution is -0.129. The van der Waals surface area contributed by atoms with Gasteiger partial charge in [0.05, 0.1) is 6.54 Å². The highest BCUT2D eigenvalue weighted by atomic mass is 16.6. The van der Waals surface area contributed by atoms with Crippen molar-refractivity contribution in [2.24, 2.45) is 0 Å². The molecule has 0 unspecified atom stereocenters. The summed E-state index contributed by atoms with van der Waals surface area (Å²) in [6.07, 6.45) is -0.424. The maximum Gasteiger partial charge on any atom is 0.410 e. The summed E-state index contributed by atoms with van der Waals surface area (Å²) >= 11 is 0. The predicted octanol–water partition coefficient (Wildman–Crippen LogP) is 1.03. The summed E-state index contributed by atoms with van der Waals surface area (Å²) in [5, 5.41) is 0. The lowest BCUT2D eigenvalue weighted by atomic mass is 10.2. The minimum atomic E-state index is -0.503. The molecule has 14 heavy (non-hydrogen) atoms. The maximum atomic E-state index is 11.3. The molecule has 5 heteroatoms. The van der Waals surface area contributed by atoms with Gasteiger partial charge in [0.15, 0.2) is 0 Å². The Balaban J connectivity index is 3.82. The van der Waals surface area contributed by atoms with Crippen molar-refractivity contribution in [3.05, 3.63) is 0 Å². The van der Waals surface area contributed by atoms with Crippen LogP contribution in [0.3, 0.4) is 0 Å². The highest BCUT2D eigenvalue weighted by molar-refractivity contribution is 5.67. The Morgan fingerprint density at radius 3 is 2.43 bits per heavy atom. The zero-order chi connectivity index (χ0) is 11.2. The summed E-state index contributed by atoms with van der Waals surface area (Å²) < 4.78 is 9.53. The van der Waals surface area contributed by atoms with Crippen LogP contribution in [0.1, 0.15) is 20.8 Å². The molecule has 0 heterocycles. The third-order valence-corrected chi connectivity index (χ3v) is 1.32. The fourth-order valence-electron chi connectivity index (χ4n) is 0.669. The Kier molecular flexibility index (Phi) is 4.97. The highest BCUT2D eigenvalue weighted by Gasteiger charge is 2.19. The van der Waals surface area contributed by atoms with E-state index < -0.39 is 11.7 Å². The summed E-state index contributed by atoms with van der Waals surface area (Å²) in [6, 6.07) is 0. The van der Waals surface area contributed by atoms with Crippen molar-refractivity contribution in [3.63, 3.8) is 0 Å². The van der Waals surface area contributed by atoms with Gasteiger partial charge in [0.2, 0.25) is 0 Å². The molecule has 0 saturated carbocycles. The van der Waals surface area contributed by atoms with Crippen LogP contribution in [0.5, 0.6) is 0 Å². The second-order valence-electron chi connectivity index (χ2n) is 3.87. The molecule has 0 bridgehead atoms. The molecule has 82 valence electrons. The largest absolute Gasteiger partial charge is 0.466 e. The molecule has 0 aromatic rings. The van der Waals surface area contributed by atoms with E-state index >= 15 is 0 Å². The first kappa shape index (κ1) is 12.7. The normalized spacial score (nSPS) is 10.6. The molecule has 0 spiro atoms. The van der Waals surface area contributed by atoms with E-state index in [1.54, 1.807) is 27.8 Å². The van der Waals surface area contributed by atoms with Crippen LogP contribution in [0.2, 0.25) is 0 Å². The fraction of sp³-hybridized carbons (Fsp3) is 0.778. The standard InChI is InChI=1S/C9H17NO4/c1-9(2,3)14-8(12)10(4)5-6-13-7-11/h7H,5-6H2,1-4H3. The minimum absolute atomic E-state index is 0.180. The van der Waals surface area contributed by atoms with Gasteiger partial charge < -0.3 is 14.4 Å². The number of amides is 1. The van der Waals surface area contributed by atoms with Crippen molar-refractivity contribution in [2.45, 2.75) is 26.4 Å². The van der Waals surface area contributed by atoms with E-state index in [1.807, 2.05) is 0 Å². The van der Waals surface area contributed by atoms with Gasteiger partial charge in [0.1, 0.15) is 12.2 Å². The van der Waals surface area contributed by atoms with Crippen LogP contribution in [-0.2, 0) is 14.3 Å². The van der Waals surface area contributed by atoms with Crippen molar-refractivity contribution in [3.8, 4) is 0 Å². The molecule has 0 radical (unpaired) electrons. The Labute approximate surface area is 84.0 Å². The summed E-state index contributed by atoms with van der Waals surface area (Å²) in [6.45, 7) is 6.23. The first-order chi connectivity index (χ1) is 6.37. The van der Waals surface area contributed by atoms with Gasteiger partial charge in [-0.15, -0.1) is 0 Å². The Morgan fingerprint density at radius 2 is 2.00 bits per heavy atom. The first-order valence-corrected chi connectivity index (χ1v) is 4.36. The van der Waals surface area contributed by atoms with Gasteiger partial charge >= 0.3 is 6.09 Å². The predicted molar refractivity (Wildman–Crippen MR) is 50.9 cm³/mol. The van der Waals surface area contributed by atoms with E-state index in [9.17, 15) is 9.59 Å². The minimum Gasteiger partial charge on any atom is -0.466 e. The molecule has 0 aromatic carbocycles. The Hall–Kier alpha value is -1.26. The molecule has 0 aliphatic rings. The highest BCUT2D eigenvalue weighted by Crippen LogP contribution is 2.08. The van der Waals surface area contributed by atoms with Gasteiger partial charge in [-0.3, -0.25) is 4.79 Å². The van der Waals surface area contributed by atoms with Crippen molar-refractivity contribution >= 4 is 12.6 Å². The number of hydrogen-bond acceptors (Lipinski definition) is 4. The second kappa shape index (κ2) is 5.47. The van der Waals surface area contributed by atoms with Crippen LogP contribution in [0.25, 0.3) is 0 Å². The third kappa shape index (κ3) is 6.28. The average Bonchev–Trinajstić information content (AvgIpc) is 2.01. The van der Waals surface area contributed by atoms with Crippen molar-refractivity contribution < 1.29 is 19.1 Å². The summed E-state index contributed by atoms with van der Waals surface area (Å²) in [5.41, 5.74) is -0.503. The van der Waals surface area contributed by atoms with Crippen LogP contribution < -0.4 is 0 Å². The first-order valence-electron chi connectivity index (χ1n) is 4.36. The van der Waals surface area contributed by atoms with E-state index in [0.717, 1.165) is 0 Å². The van der Waals surface area contributed by atoms with Gasteiger partial charge in [-0.2, -0.15) is 0 Å². The average molecular weight is 203 g/mol. The van der Waals surface area contributed by atoms with Crippen LogP contribution in [0.4, 0.5) is 4.79 Å². The number of hydrogen-bond donors (Lipinski definition) is 0. The van der Waals surface area contributed by atoms with Gasteiger partial charge in [-0.1, -0.05) is 0 Å². The summed E-state index contributed by atoms with van der Waals surface area (Å²) in [7, 11) is 1.59. The van der Waals surface area contributed by atoms with Gasteiger partial charge in [-0.05, 0) is 20.8 Å². The molecule has 0 saturated heterocycles. The second-order valence-corrected chi connectivity index (χ2v) is 3.87. The quantitative estimate of drug-likeness (QED) is 0.505. The van der Waals surface area contributed by atoms with Crippen molar-refractivity contribution in [2.75, 3.05) is 20.2 Å². The molecule has 5 nitrogen and oxygen atoms in total. The molecule has 0 aliphatic carbocycles. The molecule has 0 rings (SSSR count). The number of carbonyl (C=O) groups is 2. The lowest BCUT2D eigenvalue weighted by Crippen LogP contribution is -2.35. The zero-order valence-corrected chi connectivity index (χ0v) is 9.07. The van der Waals surface area contributed by atoms with Crippen LogP contribution in [-0.4, -0.2) is 43.3 Å². The molecule has 0 atom stereocenters. The zero-order valence-electron chi connectivity index (χ0n) is 9.07. The van der Waals surface area contributed by atoms with E-state index in [4.69, 9.17) is 4.74 Å². The molecule has 0 aromatic heterocycles.